The number of fused-ring (bicyclic) bond motifs is 1. The van der Waals surface area contributed by atoms with Crippen LogP contribution < -0.4 is 0 Å². The fraction of sp³-hybridized carbons (Fsp3) is 0.318. The number of aromatic nitrogens is 1. The van der Waals surface area contributed by atoms with Gasteiger partial charge in [-0.3, -0.25) is 0 Å². The molecule has 0 amide bonds. The van der Waals surface area contributed by atoms with E-state index in [4.69, 9.17) is 0 Å². The highest BCUT2D eigenvalue weighted by Gasteiger charge is 2.15. The number of carboxylic acids is 1. The molecule has 130 valence electrons. The molecule has 0 aliphatic rings. The van der Waals surface area contributed by atoms with Crippen LogP contribution >= 0.6 is 0 Å². The molecule has 0 fully saturated rings. The van der Waals surface area contributed by atoms with Crippen LogP contribution in [0.4, 0.5) is 0 Å². The Bertz CT molecular complexity index is 902. The third kappa shape index (κ3) is 3.46. The summed E-state index contributed by atoms with van der Waals surface area (Å²) in [7, 11) is 0. The summed E-state index contributed by atoms with van der Waals surface area (Å²) in [6, 6.07) is 14.7. The molecule has 1 aromatic heterocycles. The lowest BCUT2D eigenvalue weighted by Crippen LogP contribution is -2.03. The van der Waals surface area contributed by atoms with Crippen LogP contribution in [-0.4, -0.2) is 15.6 Å². The molecule has 3 nitrogen and oxygen atoms in total. The first-order chi connectivity index (χ1) is 11.9. The Kier molecular flexibility index (Phi) is 4.67. The van der Waals surface area contributed by atoms with E-state index in [9.17, 15) is 9.90 Å². The summed E-state index contributed by atoms with van der Waals surface area (Å²) in [4.78, 5) is 11.6. The fourth-order valence-electron chi connectivity index (χ4n) is 3.25. The molecule has 1 N–H and O–H groups in total. The van der Waals surface area contributed by atoms with E-state index in [1.807, 2.05) is 12.1 Å². The predicted molar refractivity (Wildman–Crippen MR) is 103 cm³/mol. The van der Waals surface area contributed by atoms with Gasteiger partial charge in [-0.15, -0.1) is 0 Å². The van der Waals surface area contributed by atoms with E-state index < -0.39 is 5.97 Å². The van der Waals surface area contributed by atoms with Crippen molar-refractivity contribution in [1.29, 1.82) is 0 Å². The van der Waals surface area contributed by atoms with Crippen molar-refractivity contribution in [3.8, 4) is 11.1 Å². The van der Waals surface area contributed by atoms with Crippen LogP contribution in [0.15, 0.2) is 48.7 Å². The van der Waals surface area contributed by atoms with Crippen LogP contribution in [0.1, 0.15) is 49.5 Å². The van der Waals surface area contributed by atoms with Crippen LogP contribution in [0, 0.1) is 5.92 Å². The Morgan fingerprint density at radius 3 is 2.20 bits per heavy atom. The average Bonchev–Trinajstić information content (AvgIpc) is 2.92. The lowest BCUT2D eigenvalue weighted by molar-refractivity contribution is 0.0698. The molecule has 0 saturated heterocycles. The van der Waals surface area contributed by atoms with Crippen LogP contribution in [0.25, 0.3) is 22.0 Å². The summed E-state index contributed by atoms with van der Waals surface area (Å²) in [6.45, 7) is 9.46. The number of aromatic carboxylic acids is 1. The molecule has 0 bridgehead atoms. The van der Waals surface area contributed by atoms with Crippen molar-refractivity contribution in [3.63, 3.8) is 0 Å². The predicted octanol–water partition coefficient (Wildman–Crippen LogP) is 5.79. The summed E-state index contributed by atoms with van der Waals surface area (Å²) in [5.41, 5.74) is 4.94. The zero-order chi connectivity index (χ0) is 18.1. The molecule has 0 radical (unpaired) electrons. The van der Waals surface area contributed by atoms with E-state index in [2.05, 4.69) is 62.6 Å². The van der Waals surface area contributed by atoms with Crippen molar-refractivity contribution >= 4 is 16.9 Å². The molecular formula is C22H25NO2. The molecule has 3 rings (SSSR count). The maximum atomic E-state index is 11.6. The van der Waals surface area contributed by atoms with E-state index in [1.54, 1.807) is 6.20 Å². The first-order valence-electron chi connectivity index (χ1n) is 8.83. The van der Waals surface area contributed by atoms with Gasteiger partial charge in [-0.05, 0) is 34.6 Å². The molecular weight excluding hydrogens is 310 g/mol. The molecule has 0 aliphatic heterocycles. The smallest absolute Gasteiger partial charge is 0.337 e. The van der Waals surface area contributed by atoms with Gasteiger partial charge in [0, 0.05) is 23.6 Å². The summed E-state index contributed by atoms with van der Waals surface area (Å²) in [5, 5.41) is 10.3. The van der Waals surface area contributed by atoms with Gasteiger partial charge in [0.05, 0.1) is 5.56 Å². The highest BCUT2D eigenvalue weighted by molar-refractivity contribution is 6.04. The standard InChI is InChI=1S/C22H25NO2/c1-14(2)12-23-13-20(22(24)25)19-10-9-18(11-21(19)23)17-7-5-16(6-8-17)15(3)4/h5-11,13-15H,12H2,1-4H3,(H,24,25). The van der Waals surface area contributed by atoms with Crippen LogP contribution in [-0.2, 0) is 6.54 Å². The van der Waals surface area contributed by atoms with Crippen LogP contribution in [0.5, 0.6) is 0 Å². The summed E-state index contributed by atoms with van der Waals surface area (Å²) in [6.07, 6.45) is 1.76. The van der Waals surface area contributed by atoms with E-state index in [1.165, 1.54) is 5.56 Å². The zero-order valence-corrected chi connectivity index (χ0v) is 15.3. The molecule has 0 saturated carbocycles. The lowest BCUT2D eigenvalue weighted by Gasteiger charge is -2.10. The molecule has 0 aliphatic carbocycles. The molecule has 0 spiro atoms. The number of carbonyl (C=O) groups is 1. The van der Waals surface area contributed by atoms with E-state index >= 15 is 0 Å². The third-order valence-corrected chi connectivity index (χ3v) is 4.59. The highest BCUT2D eigenvalue weighted by atomic mass is 16.4. The minimum Gasteiger partial charge on any atom is -0.478 e. The van der Waals surface area contributed by atoms with E-state index in [0.717, 1.165) is 28.6 Å². The van der Waals surface area contributed by atoms with E-state index in [-0.39, 0.29) is 0 Å². The number of carboxylic acid groups (broad SMARTS) is 1. The van der Waals surface area contributed by atoms with Crippen LogP contribution in [0.3, 0.4) is 0 Å². The summed E-state index contributed by atoms with van der Waals surface area (Å²) in [5.74, 6) is 0.0886. The second-order valence-corrected chi connectivity index (χ2v) is 7.40. The van der Waals surface area contributed by atoms with Crippen molar-refractivity contribution < 1.29 is 9.90 Å². The number of nitrogens with zero attached hydrogens (tertiary/aromatic N) is 1. The van der Waals surface area contributed by atoms with Gasteiger partial charge in [-0.2, -0.15) is 0 Å². The second-order valence-electron chi connectivity index (χ2n) is 7.40. The highest BCUT2D eigenvalue weighted by Crippen LogP contribution is 2.29. The number of benzene rings is 2. The first-order valence-corrected chi connectivity index (χ1v) is 8.83. The van der Waals surface area contributed by atoms with Crippen LogP contribution in [0.2, 0.25) is 0 Å². The number of hydrogen-bond donors (Lipinski definition) is 1. The first kappa shape index (κ1) is 17.3. The minimum atomic E-state index is -0.874. The van der Waals surface area contributed by atoms with Gasteiger partial charge in [0.25, 0.3) is 0 Å². The Morgan fingerprint density at radius 1 is 1.00 bits per heavy atom. The largest absolute Gasteiger partial charge is 0.478 e. The van der Waals surface area contributed by atoms with Gasteiger partial charge in [-0.1, -0.05) is 64.1 Å². The van der Waals surface area contributed by atoms with Crippen molar-refractivity contribution in [2.75, 3.05) is 0 Å². The molecule has 1 heterocycles. The maximum Gasteiger partial charge on any atom is 0.337 e. The van der Waals surface area contributed by atoms with Gasteiger partial charge in [0.1, 0.15) is 0 Å². The van der Waals surface area contributed by atoms with Gasteiger partial charge < -0.3 is 9.67 Å². The normalized spacial score (nSPS) is 11.6. The molecule has 3 heteroatoms. The summed E-state index contributed by atoms with van der Waals surface area (Å²) < 4.78 is 2.06. The van der Waals surface area contributed by atoms with Crippen molar-refractivity contribution in [2.45, 2.75) is 40.2 Å². The average molecular weight is 335 g/mol. The Labute approximate surface area is 148 Å². The zero-order valence-electron chi connectivity index (χ0n) is 15.3. The Morgan fingerprint density at radius 2 is 1.64 bits per heavy atom. The maximum absolute atomic E-state index is 11.6. The monoisotopic (exact) mass is 335 g/mol. The van der Waals surface area contributed by atoms with Gasteiger partial charge in [-0.25, -0.2) is 4.79 Å². The Balaban J connectivity index is 2.10. The number of hydrogen-bond acceptors (Lipinski definition) is 1. The number of rotatable bonds is 5. The van der Waals surface area contributed by atoms with Gasteiger partial charge in [0.2, 0.25) is 0 Å². The minimum absolute atomic E-state index is 0.373. The fourth-order valence-corrected chi connectivity index (χ4v) is 3.25. The topological polar surface area (TPSA) is 42.2 Å². The molecule has 0 atom stereocenters. The van der Waals surface area contributed by atoms with E-state index in [0.29, 0.717) is 17.4 Å². The lowest BCUT2D eigenvalue weighted by atomic mass is 9.98. The Hall–Kier alpha value is -2.55. The third-order valence-electron chi connectivity index (χ3n) is 4.59. The van der Waals surface area contributed by atoms with Crippen molar-refractivity contribution in [1.82, 2.24) is 4.57 Å². The summed E-state index contributed by atoms with van der Waals surface area (Å²) >= 11 is 0. The van der Waals surface area contributed by atoms with Gasteiger partial charge >= 0.3 is 5.97 Å². The van der Waals surface area contributed by atoms with Gasteiger partial charge in [0.15, 0.2) is 0 Å². The second kappa shape index (κ2) is 6.75. The molecule has 3 aromatic rings. The quantitative estimate of drug-likeness (QED) is 0.641. The molecule has 25 heavy (non-hydrogen) atoms. The van der Waals surface area contributed by atoms with Crippen molar-refractivity contribution in [2.24, 2.45) is 5.92 Å². The molecule has 2 aromatic carbocycles. The van der Waals surface area contributed by atoms with Crippen molar-refractivity contribution in [3.05, 3.63) is 59.8 Å². The molecule has 0 unspecified atom stereocenters. The SMILES string of the molecule is CC(C)Cn1cc(C(=O)O)c2ccc(-c3ccc(C(C)C)cc3)cc21.